The van der Waals surface area contributed by atoms with Crippen molar-refractivity contribution in [1.29, 1.82) is 0 Å². The quantitative estimate of drug-likeness (QED) is 0.728. The minimum Gasteiger partial charge on any atom is -0.507 e. The standard InChI is InChI=1S/C13H8ClN3O/c14-9-1-2-11(12(18)5-9)13-10-3-4-15-6-8(10)7-16-17-13/h1-7,18H. The second-order valence-electron chi connectivity index (χ2n) is 3.82. The smallest absolute Gasteiger partial charge is 0.126 e. The van der Waals surface area contributed by atoms with Crippen LogP contribution in [-0.4, -0.2) is 20.3 Å². The molecule has 88 valence electrons. The summed E-state index contributed by atoms with van der Waals surface area (Å²) in [5.41, 5.74) is 1.22. The van der Waals surface area contributed by atoms with Crippen LogP contribution in [0.15, 0.2) is 42.9 Å². The summed E-state index contributed by atoms with van der Waals surface area (Å²) in [5, 5.41) is 20.2. The molecule has 1 N–H and O–H groups in total. The first-order valence-corrected chi connectivity index (χ1v) is 5.68. The fourth-order valence-electron chi connectivity index (χ4n) is 1.83. The molecule has 2 heterocycles. The van der Waals surface area contributed by atoms with Crippen molar-refractivity contribution in [3.63, 3.8) is 0 Å². The maximum absolute atomic E-state index is 9.94. The van der Waals surface area contributed by atoms with Gasteiger partial charge in [-0.3, -0.25) is 4.98 Å². The van der Waals surface area contributed by atoms with Crippen molar-refractivity contribution in [2.75, 3.05) is 0 Å². The van der Waals surface area contributed by atoms with E-state index < -0.39 is 0 Å². The summed E-state index contributed by atoms with van der Waals surface area (Å²) in [4.78, 5) is 4.03. The van der Waals surface area contributed by atoms with Gasteiger partial charge >= 0.3 is 0 Å². The number of aromatic nitrogens is 3. The van der Waals surface area contributed by atoms with E-state index in [4.69, 9.17) is 11.6 Å². The molecule has 0 aliphatic rings. The van der Waals surface area contributed by atoms with E-state index in [0.29, 0.717) is 16.3 Å². The molecule has 1 aromatic carbocycles. The summed E-state index contributed by atoms with van der Waals surface area (Å²) in [6.07, 6.45) is 5.03. The minimum atomic E-state index is 0.0844. The molecule has 0 bridgehead atoms. The summed E-state index contributed by atoms with van der Waals surface area (Å²) >= 11 is 5.82. The van der Waals surface area contributed by atoms with Crippen LogP contribution < -0.4 is 0 Å². The lowest BCUT2D eigenvalue weighted by atomic mass is 10.1. The molecule has 3 rings (SSSR count). The molecule has 0 saturated heterocycles. The highest BCUT2D eigenvalue weighted by Gasteiger charge is 2.10. The zero-order chi connectivity index (χ0) is 12.5. The predicted octanol–water partition coefficient (Wildman–Crippen LogP) is 3.05. The predicted molar refractivity (Wildman–Crippen MR) is 69.4 cm³/mol. The number of phenols is 1. The maximum Gasteiger partial charge on any atom is 0.126 e. The van der Waals surface area contributed by atoms with Crippen molar-refractivity contribution in [2.24, 2.45) is 0 Å². The van der Waals surface area contributed by atoms with Gasteiger partial charge in [0.2, 0.25) is 0 Å². The van der Waals surface area contributed by atoms with Gasteiger partial charge in [0.15, 0.2) is 0 Å². The van der Waals surface area contributed by atoms with E-state index in [9.17, 15) is 5.11 Å². The highest BCUT2D eigenvalue weighted by molar-refractivity contribution is 6.30. The van der Waals surface area contributed by atoms with Gasteiger partial charge in [-0.05, 0) is 24.3 Å². The van der Waals surface area contributed by atoms with Crippen LogP contribution in [0.4, 0.5) is 0 Å². The number of benzene rings is 1. The van der Waals surface area contributed by atoms with E-state index in [2.05, 4.69) is 15.2 Å². The molecule has 2 aromatic heterocycles. The van der Waals surface area contributed by atoms with Crippen LogP contribution in [-0.2, 0) is 0 Å². The largest absolute Gasteiger partial charge is 0.507 e. The molecule has 0 unspecified atom stereocenters. The molecule has 0 aliphatic heterocycles. The van der Waals surface area contributed by atoms with Gasteiger partial charge in [0.25, 0.3) is 0 Å². The Morgan fingerprint density at radius 2 is 2.00 bits per heavy atom. The van der Waals surface area contributed by atoms with Gasteiger partial charge in [0.05, 0.1) is 6.20 Å². The Morgan fingerprint density at radius 1 is 1.11 bits per heavy atom. The van der Waals surface area contributed by atoms with Gasteiger partial charge in [-0.15, -0.1) is 5.10 Å². The van der Waals surface area contributed by atoms with Crippen LogP contribution in [0.25, 0.3) is 22.0 Å². The van der Waals surface area contributed by atoms with E-state index in [1.54, 1.807) is 30.7 Å². The lowest BCUT2D eigenvalue weighted by Crippen LogP contribution is -1.90. The third-order valence-electron chi connectivity index (χ3n) is 2.68. The molecular formula is C13H8ClN3O. The summed E-state index contributed by atoms with van der Waals surface area (Å²) in [5.74, 6) is 0.0844. The maximum atomic E-state index is 9.94. The fraction of sp³-hybridized carbons (Fsp3) is 0. The zero-order valence-corrected chi connectivity index (χ0v) is 9.96. The Morgan fingerprint density at radius 3 is 2.83 bits per heavy atom. The third kappa shape index (κ3) is 1.76. The normalized spacial score (nSPS) is 10.7. The average molecular weight is 258 g/mol. The van der Waals surface area contributed by atoms with Gasteiger partial charge in [0, 0.05) is 33.8 Å². The van der Waals surface area contributed by atoms with Crippen LogP contribution in [0.1, 0.15) is 0 Å². The van der Waals surface area contributed by atoms with E-state index in [0.717, 1.165) is 10.8 Å². The Labute approximate surface area is 108 Å². The molecule has 0 radical (unpaired) electrons. The van der Waals surface area contributed by atoms with E-state index in [-0.39, 0.29) is 5.75 Å². The highest BCUT2D eigenvalue weighted by Crippen LogP contribution is 2.33. The first kappa shape index (κ1) is 10.9. The molecule has 18 heavy (non-hydrogen) atoms. The number of nitrogens with zero attached hydrogens (tertiary/aromatic N) is 3. The highest BCUT2D eigenvalue weighted by atomic mass is 35.5. The summed E-state index contributed by atoms with van der Waals surface area (Å²) in [6, 6.07) is 6.76. The number of fused-ring (bicyclic) bond motifs is 1. The van der Waals surface area contributed by atoms with Gasteiger partial charge < -0.3 is 5.11 Å². The lowest BCUT2D eigenvalue weighted by Gasteiger charge is -2.06. The van der Waals surface area contributed by atoms with Crippen molar-refractivity contribution in [1.82, 2.24) is 15.2 Å². The summed E-state index contributed by atoms with van der Waals surface area (Å²) in [6.45, 7) is 0. The number of hydrogen-bond donors (Lipinski definition) is 1. The Hall–Kier alpha value is -2.20. The lowest BCUT2D eigenvalue weighted by molar-refractivity contribution is 0.477. The van der Waals surface area contributed by atoms with E-state index in [1.807, 2.05) is 6.07 Å². The minimum absolute atomic E-state index is 0.0844. The average Bonchev–Trinajstić information content (AvgIpc) is 2.38. The Bertz CT molecular complexity index is 725. The Kier molecular flexibility index (Phi) is 2.57. The topological polar surface area (TPSA) is 58.9 Å². The van der Waals surface area contributed by atoms with Crippen LogP contribution in [0.5, 0.6) is 5.75 Å². The number of halogens is 1. The number of hydrogen-bond acceptors (Lipinski definition) is 4. The number of phenolic OH excluding ortho intramolecular Hbond substituents is 1. The fourth-order valence-corrected chi connectivity index (χ4v) is 2.00. The molecule has 0 fully saturated rings. The van der Waals surface area contributed by atoms with Crippen LogP contribution >= 0.6 is 11.6 Å². The van der Waals surface area contributed by atoms with Crippen LogP contribution in [0.3, 0.4) is 0 Å². The number of pyridine rings is 1. The second kappa shape index (κ2) is 4.23. The molecule has 0 aliphatic carbocycles. The molecule has 0 saturated carbocycles. The second-order valence-corrected chi connectivity index (χ2v) is 4.25. The van der Waals surface area contributed by atoms with Crippen LogP contribution in [0.2, 0.25) is 5.02 Å². The summed E-state index contributed by atoms with van der Waals surface area (Å²) < 4.78 is 0. The summed E-state index contributed by atoms with van der Waals surface area (Å²) in [7, 11) is 0. The number of aromatic hydroxyl groups is 1. The van der Waals surface area contributed by atoms with Gasteiger partial charge in [-0.2, -0.15) is 5.10 Å². The monoisotopic (exact) mass is 257 g/mol. The molecule has 0 atom stereocenters. The first-order valence-electron chi connectivity index (χ1n) is 5.30. The molecular weight excluding hydrogens is 250 g/mol. The first-order chi connectivity index (χ1) is 8.75. The SMILES string of the molecule is Oc1cc(Cl)ccc1-c1nncc2cnccc12. The molecule has 0 spiro atoms. The van der Waals surface area contributed by atoms with Crippen molar-refractivity contribution in [3.05, 3.63) is 47.9 Å². The zero-order valence-electron chi connectivity index (χ0n) is 9.21. The van der Waals surface area contributed by atoms with Gasteiger partial charge in [-0.1, -0.05) is 11.6 Å². The van der Waals surface area contributed by atoms with Crippen LogP contribution in [0, 0.1) is 0 Å². The van der Waals surface area contributed by atoms with Gasteiger partial charge in [0.1, 0.15) is 11.4 Å². The van der Waals surface area contributed by atoms with Crippen molar-refractivity contribution >= 4 is 22.4 Å². The van der Waals surface area contributed by atoms with Crippen molar-refractivity contribution < 1.29 is 5.11 Å². The molecule has 5 heteroatoms. The van der Waals surface area contributed by atoms with Crippen molar-refractivity contribution in [3.8, 4) is 17.0 Å². The molecule has 4 nitrogen and oxygen atoms in total. The Balaban J connectivity index is 2.31. The van der Waals surface area contributed by atoms with E-state index in [1.165, 1.54) is 6.07 Å². The van der Waals surface area contributed by atoms with Gasteiger partial charge in [-0.25, -0.2) is 0 Å². The van der Waals surface area contributed by atoms with Crippen molar-refractivity contribution in [2.45, 2.75) is 0 Å². The molecule has 0 amide bonds. The van der Waals surface area contributed by atoms with E-state index >= 15 is 0 Å². The third-order valence-corrected chi connectivity index (χ3v) is 2.91. The number of rotatable bonds is 1. The molecule has 3 aromatic rings.